The normalized spacial score (nSPS) is 40.7. The number of hydrogen-bond acceptors (Lipinski definition) is 2. The minimum absolute atomic E-state index is 0.103. The van der Waals surface area contributed by atoms with Gasteiger partial charge >= 0.3 is 5.97 Å². The van der Waals surface area contributed by atoms with Gasteiger partial charge in [0.05, 0.1) is 0 Å². The van der Waals surface area contributed by atoms with E-state index in [9.17, 15) is 9.59 Å². The van der Waals surface area contributed by atoms with Crippen LogP contribution in [0.1, 0.15) is 12.8 Å². The Morgan fingerprint density at radius 1 is 1.55 bits per heavy atom. The van der Waals surface area contributed by atoms with Gasteiger partial charge in [-0.3, -0.25) is 9.59 Å². The third-order valence-corrected chi connectivity index (χ3v) is 2.54. The Hall–Kier alpha value is -1.06. The van der Waals surface area contributed by atoms with Gasteiger partial charge in [-0.1, -0.05) is 0 Å². The lowest BCUT2D eigenvalue weighted by atomic mass is 9.68. The summed E-state index contributed by atoms with van der Waals surface area (Å²) < 4.78 is 0. The molecule has 11 heavy (non-hydrogen) atoms. The molecule has 2 N–H and O–H groups in total. The SMILES string of the molecule is O=C(O)C1C(=O)NC2CC1C2. The van der Waals surface area contributed by atoms with Crippen molar-refractivity contribution in [3.05, 3.63) is 0 Å². The average Bonchev–Trinajstić information content (AvgIpc) is 1.83. The molecule has 1 aliphatic carbocycles. The first-order valence-corrected chi connectivity index (χ1v) is 3.71. The van der Waals surface area contributed by atoms with E-state index in [2.05, 4.69) is 5.32 Å². The van der Waals surface area contributed by atoms with E-state index < -0.39 is 11.9 Å². The van der Waals surface area contributed by atoms with E-state index in [1.54, 1.807) is 0 Å². The molecule has 3 rings (SSSR count). The number of fused-ring (bicyclic) bond motifs is 2. The van der Waals surface area contributed by atoms with E-state index in [1.807, 2.05) is 0 Å². The van der Waals surface area contributed by atoms with E-state index >= 15 is 0 Å². The Bertz CT molecular complexity index is 220. The molecule has 0 spiro atoms. The fourth-order valence-electron chi connectivity index (χ4n) is 1.87. The minimum atomic E-state index is -0.981. The van der Waals surface area contributed by atoms with Gasteiger partial charge in [0.2, 0.25) is 5.91 Å². The summed E-state index contributed by atoms with van der Waals surface area (Å²) in [5.41, 5.74) is 0. The summed E-state index contributed by atoms with van der Waals surface area (Å²) in [7, 11) is 0. The van der Waals surface area contributed by atoms with Gasteiger partial charge in [-0.2, -0.15) is 0 Å². The van der Waals surface area contributed by atoms with Gasteiger partial charge in [0.15, 0.2) is 0 Å². The highest BCUT2D eigenvalue weighted by atomic mass is 16.4. The Balaban J connectivity index is 2.16. The largest absolute Gasteiger partial charge is 0.481 e. The number of carboxylic acid groups (broad SMARTS) is 1. The van der Waals surface area contributed by atoms with Crippen LogP contribution in [-0.4, -0.2) is 23.0 Å². The number of aliphatic carboxylic acids is 1. The molecule has 2 saturated heterocycles. The number of nitrogens with one attached hydrogen (secondary N) is 1. The van der Waals surface area contributed by atoms with Gasteiger partial charge in [-0.05, 0) is 18.8 Å². The molecule has 2 aliphatic heterocycles. The summed E-state index contributed by atoms with van der Waals surface area (Å²) in [6, 6.07) is 0.267. The van der Waals surface area contributed by atoms with Gasteiger partial charge in [-0.25, -0.2) is 0 Å². The number of rotatable bonds is 1. The lowest BCUT2D eigenvalue weighted by Crippen LogP contribution is -2.59. The molecular weight excluding hydrogens is 146 g/mol. The van der Waals surface area contributed by atoms with Crippen LogP contribution in [0.4, 0.5) is 0 Å². The molecule has 0 aromatic heterocycles. The van der Waals surface area contributed by atoms with Crippen molar-refractivity contribution in [2.24, 2.45) is 11.8 Å². The van der Waals surface area contributed by atoms with Gasteiger partial charge in [0.25, 0.3) is 0 Å². The first kappa shape index (κ1) is 6.64. The van der Waals surface area contributed by atoms with E-state index in [0.717, 1.165) is 12.8 Å². The van der Waals surface area contributed by atoms with Crippen LogP contribution in [0.2, 0.25) is 0 Å². The van der Waals surface area contributed by atoms with Gasteiger partial charge in [0.1, 0.15) is 5.92 Å². The molecule has 2 bridgehead atoms. The maximum Gasteiger partial charge on any atom is 0.316 e. The van der Waals surface area contributed by atoms with Crippen LogP contribution in [-0.2, 0) is 9.59 Å². The van der Waals surface area contributed by atoms with Crippen LogP contribution in [0.25, 0.3) is 0 Å². The number of carboxylic acids is 1. The number of amides is 1. The molecule has 3 fully saturated rings. The van der Waals surface area contributed by atoms with Crippen molar-refractivity contribution < 1.29 is 14.7 Å². The van der Waals surface area contributed by atoms with Crippen LogP contribution in [0.15, 0.2) is 0 Å². The molecule has 4 nitrogen and oxygen atoms in total. The van der Waals surface area contributed by atoms with Crippen molar-refractivity contribution in [3.8, 4) is 0 Å². The van der Waals surface area contributed by atoms with E-state index in [0.29, 0.717) is 0 Å². The van der Waals surface area contributed by atoms with Crippen molar-refractivity contribution in [3.63, 3.8) is 0 Å². The Kier molecular flexibility index (Phi) is 1.19. The summed E-state index contributed by atoms with van der Waals surface area (Å²) in [6.07, 6.45) is 1.70. The van der Waals surface area contributed by atoms with Crippen LogP contribution < -0.4 is 5.32 Å². The predicted molar refractivity (Wildman–Crippen MR) is 35.8 cm³/mol. The summed E-state index contributed by atoms with van der Waals surface area (Å²) >= 11 is 0. The van der Waals surface area contributed by atoms with Gasteiger partial charge in [-0.15, -0.1) is 0 Å². The van der Waals surface area contributed by atoms with Crippen LogP contribution in [0.3, 0.4) is 0 Å². The van der Waals surface area contributed by atoms with Crippen molar-refractivity contribution in [1.29, 1.82) is 0 Å². The summed E-state index contributed by atoms with van der Waals surface area (Å²) in [6.45, 7) is 0. The first-order chi connectivity index (χ1) is 5.18. The first-order valence-electron chi connectivity index (χ1n) is 3.71. The summed E-state index contributed by atoms with van der Waals surface area (Å²) in [5.74, 6) is -1.96. The highest BCUT2D eigenvalue weighted by molar-refractivity contribution is 5.98. The van der Waals surface area contributed by atoms with Crippen molar-refractivity contribution in [2.75, 3.05) is 0 Å². The highest BCUT2D eigenvalue weighted by Gasteiger charge is 2.48. The maximum absolute atomic E-state index is 11.0. The van der Waals surface area contributed by atoms with Crippen molar-refractivity contribution in [2.45, 2.75) is 18.9 Å². The minimum Gasteiger partial charge on any atom is -0.481 e. The lowest BCUT2D eigenvalue weighted by Gasteiger charge is -2.44. The lowest BCUT2D eigenvalue weighted by molar-refractivity contribution is -0.156. The maximum atomic E-state index is 11.0. The molecule has 0 radical (unpaired) electrons. The van der Waals surface area contributed by atoms with Crippen LogP contribution in [0.5, 0.6) is 0 Å². The van der Waals surface area contributed by atoms with Crippen LogP contribution in [0, 0.1) is 11.8 Å². The zero-order valence-electron chi connectivity index (χ0n) is 5.91. The second kappa shape index (κ2) is 1.96. The number of piperidine rings is 2. The zero-order chi connectivity index (χ0) is 8.01. The molecule has 1 saturated carbocycles. The second-order valence-corrected chi connectivity index (χ2v) is 3.25. The molecule has 0 aromatic carbocycles. The van der Waals surface area contributed by atoms with E-state index in [-0.39, 0.29) is 17.9 Å². The molecule has 1 amide bonds. The topological polar surface area (TPSA) is 66.4 Å². The average molecular weight is 155 g/mol. The molecular formula is C7H9NO3. The van der Waals surface area contributed by atoms with Crippen molar-refractivity contribution >= 4 is 11.9 Å². The fraction of sp³-hybridized carbons (Fsp3) is 0.714. The molecule has 60 valence electrons. The second-order valence-electron chi connectivity index (χ2n) is 3.25. The summed E-state index contributed by atoms with van der Waals surface area (Å²) in [4.78, 5) is 21.5. The zero-order valence-corrected chi connectivity index (χ0v) is 5.91. The number of carbonyl (C=O) groups excluding carboxylic acids is 1. The quantitative estimate of drug-likeness (QED) is 0.506. The standard InChI is InChI=1S/C7H9NO3/c9-6-5(7(10)11)3-1-4(2-3)8-6/h3-5H,1-2H2,(H,8,9)(H,10,11). The van der Waals surface area contributed by atoms with E-state index in [1.165, 1.54) is 0 Å². The number of hydrogen-bond donors (Lipinski definition) is 2. The summed E-state index contributed by atoms with van der Waals surface area (Å²) in [5, 5.41) is 11.3. The predicted octanol–water partition coefficient (Wildman–Crippen LogP) is -0.404. The smallest absolute Gasteiger partial charge is 0.316 e. The monoisotopic (exact) mass is 155 g/mol. The van der Waals surface area contributed by atoms with Crippen LogP contribution >= 0.6 is 0 Å². The van der Waals surface area contributed by atoms with E-state index in [4.69, 9.17) is 5.11 Å². The molecule has 1 unspecified atom stereocenters. The van der Waals surface area contributed by atoms with Gasteiger partial charge in [0, 0.05) is 6.04 Å². The fourth-order valence-corrected chi connectivity index (χ4v) is 1.87. The van der Waals surface area contributed by atoms with Gasteiger partial charge < -0.3 is 10.4 Å². The highest BCUT2D eigenvalue weighted by Crippen LogP contribution is 2.38. The Morgan fingerprint density at radius 2 is 2.18 bits per heavy atom. The Morgan fingerprint density at radius 3 is 2.55 bits per heavy atom. The third-order valence-electron chi connectivity index (χ3n) is 2.54. The molecule has 3 aliphatic rings. The molecule has 0 aromatic rings. The Labute approximate surface area is 63.6 Å². The van der Waals surface area contributed by atoms with Crippen molar-refractivity contribution in [1.82, 2.24) is 5.32 Å². The molecule has 4 heteroatoms. The molecule has 1 atom stereocenters. The molecule has 2 heterocycles. The number of carbonyl (C=O) groups is 2. The third kappa shape index (κ3) is 0.818.